The molecule has 0 fully saturated rings. The second-order valence-corrected chi connectivity index (χ2v) is 8.92. The van der Waals surface area contributed by atoms with Crippen LogP contribution >= 0.6 is 0 Å². The molecule has 0 bridgehead atoms. The highest BCUT2D eigenvalue weighted by Gasteiger charge is 2.27. The second kappa shape index (κ2) is 7.82. The van der Waals surface area contributed by atoms with Crippen molar-refractivity contribution in [2.45, 2.75) is 65.7 Å². The van der Waals surface area contributed by atoms with Gasteiger partial charge in [0.2, 0.25) is 10.0 Å². The fourth-order valence-electron chi connectivity index (χ4n) is 1.34. The van der Waals surface area contributed by atoms with E-state index in [1.807, 2.05) is 0 Å². The number of hydrogen-bond acceptors (Lipinski definition) is 7. The van der Waals surface area contributed by atoms with Gasteiger partial charge in [0.1, 0.15) is 17.0 Å². The zero-order chi connectivity index (χ0) is 19.3. The summed E-state index contributed by atoms with van der Waals surface area (Å²) in [6.45, 7) is 11.0. The fraction of sp³-hybridized carbons (Fsp3) is 0.786. The van der Waals surface area contributed by atoms with E-state index in [0.717, 1.165) is 0 Å². The summed E-state index contributed by atoms with van der Waals surface area (Å²) in [5.41, 5.74) is -1.63. The van der Waals surface area contributed by atoms with Gasteiger partial charge >= 0.3 is 12.2 Å². The van der Waals surface area contributed by atoms with E-state index in [-0.39, 0.29) is 0 Å². The van der Waals surface area contributed by atoms with Crippen molar-refractivity contribution in [3.05, 3.63) is 0 Å². The van der Waals surface area contributed by atoms with Gasteiger partial charge in [0, 0.05) is 0 Å². The van der Waals surface area contributed by atoms with E-state index in [9.17, 15) is 22.8 Å². The molecule has 10 heteroatoms. The molecule has 0 unspecified atom stereocenters. The maximum absolute atomic E-state index is 11.9. The van der Waals surface area contributed by atoms with Crippen molar-refractivity contribution >= 4 is 28.0 Å². The number of alkyl carbamates (subject to hydrolysis) is 1. The number of nitrogens with one attached hydrogen (secondary N) is 2. The van der Waals surface area contributed by atoms with E-state index in [4.69, 9.17) is 9.47 Å². The minimum atomic E-state index is -4.23. The molecule has 24 heavy (non-hydrogen) atoms. The average Bonchev–Trinajstić information content (AvgIpc) is 2.20. The van der Waals surface area contributed by atoms with Gasteiger partial charge in [0.25, 0.3) is 0 Å². The first-order valence-electron chi connectivity index (χ1n) is 7.26. The Kier molecular flexibility index (Phi) is 7.22. The van der Waals surface area contributed by atoms with Crippen LogP contribution in [0.25, 0.3) is 0 Å². The number of rotatable bonds is 5. The Balaban J connectivity index is 4.62. The minimum absolute atomic E-state index is 0.753. The molecule has 0 aromatic heterocycles. The lowest BCUT2D eigenvalue weighted by Crippen LogP contribution is -2.46. The van der Waals surface area contributed by atoms with E-state index in [0.29, 0.717) is 0 Å². The molecule has 0 aromatic carbocycles. The summed E-state index contributed by atoms with van der Waals surface area (Å²) >= 11 is 0. The molecule has 0 aliphatic heterocycles. The zero-order valence-corrected chi connectivity index (χ0v) is 15.9. The molecule has 0 saturated carbocycles. The maximum Gasteiger partial charge on any atom is 0.421 e. The fourth-order valence-corrected chi connectivity index (χ4v) is 2.33. The van der Waals surface area contributed by atoms with Crippen molar-refractivity contribution in [2.24, 2.45) is 0 Å². The molecule has 0 radical (unpaired) electrons. The average molecular weight is 366 g/mol. The van der Waals surface area contributed by atoms with Gasteiger partial charge in [-0.1, -0.05) is 0 Å². The lowest BCUT2D eigenvalue weighted by Gasteiger charge is -2.22. The summed E-state index contributed by atoms with van der Waals surface area (Å²) < 4.78 is 35.0. The van der Waals surface area contributed by atoms with E-state index >= 15 is 0 Å². The van der Waals surface area contributed by atoms with Gasteiger partial charge < -0.3 is 14.8 Å². The topological polar surface area (TPSA) is 128 Å². The van der Waals surface area contributed by atoms with Crippen molar-refractivity contribution in [2.75, 3.05) is 5.75 Å². The van der Waals surface area contributed by atoms with Crippen LogP contribution < -0.4 is 10.0 Å². The first-order chi connectivity index (χ1) is 10.5. The number of sulfonamides is 1. The molecule has 1 atom stereocenters. The van der Waals surface area contributed by atoms with E-state index in [2.05, 4.69) is 5.32 Å². The number of Topliss-reactive ketones (excluding diaryl/α,β-unsaturated/α-hetero) is 1. The van der Waals surface area contributed by atoms with Crippen LogP contribution in [0.4, 0.5) is 9.59 Å². The summed E-state index contributed by atoms with van der Waals surface area (Å²) in [6.07, 6.45) is -2.02. The number of amides is 2. The molecule has 2 amide bonds. The van der Waals surface area contributed by atoms with Crippen LogP contribution in [-0.4, -0.2) is 49.4 Å². The normalized spacial score (nSPS) is 13.6. The highest BCUT2D eigenvalue weighted by atomic mass is 32.2. The third-order valence-electron chi connectivity index (χ3n) is 2.19. The van der Waals surface area contributed by atoms with Crippen molar-refractivity contribution < 1.29 is 32.3 Å². The Hall–Kier alpha value is -1.84. The molecular weight excluding hydrogens is 340 g/mol. The van der Waals surface area contributed by atoms with Crippen LogP contribution in [0.15, 0.2) is 0 Å². The zero-order valence-electron chi connectivity index (χ0n) is 15.1. The lowest BCUT2D eigenvalue weighted by molar-refractivity contribution is -0.118. The van der Waals surface area contributed by atoms with Crippen LogP contribution in [0, 0.1) is 0 Å². The number of ketones is 1. The van der Waals surface area contributed by atoms with Crippen LogP contribution in [0.3, 0.4) is 0 Å². The molecule has 0 saturated heterocycles. The molecule has 0 rings (SSSR count). The largest absolute Gasteiger partial charge is 0.444 e. The number of hydrogen-bond donors (Lipinski definition) is 2. The van der Waals surface area contributed by atoms with Gasteiger partial charge in [0.05, 0.1) is 6.04 Å². The quantitative estimate of drug-likeness (QED) is 0.751. The van der Waals surface area contributed by atoms with Crippen LogP contribution in [0.2, 0.25) is 0 Å². The van der Waals surface area contributed by atoms with Crippen molar-refractivity contribution in [3.8, 4) is 0 Å². The lowest BCUT2D eigenvalue weighted by atomic mass is 10.2. The third kappa shape index (κ3) is 10.8. The maximum atomic E-state index is 11.9. The molecule has 0 aromatic rings. The number of ether oxygens (including phenoxy) is 2. The Bertz CT molecular complexity index is 585. The number of carbonyl (C=O) groups is 3. The molecule has 0 spiro atoms. The van der Waals surface area contributed by atoms with Gasteiger partial charge in [-0.05, 0) is 48.5 Å². The van der Waals surface area contributed by atoms with Gasteiger partial charge in [-0.15, -0.1) is 0 Å². The van der Waals surface area contributed by atoms with E-state index in [1.54, 1.807) is 46.3 Å². The van der Waals surface area contributed by atoms with Gasteiger partial charge in [-0.2, -0.15) is 0 Å². The summed E-state index contributed by atoms with van der Waals surface area (Å²) in [6, 6.07) is -1.10. The van der Waals surface area contributed by atoms with Crippen molar-refractivity contribution in [1.29, 1.82) is 0 Å². The Morgan fingerprint density at radius 3 is 1.75 bits per heavy atom. The molecule has 140 valence electrons. The van der Waals surface area contributed by atoms with Gasteiger partial charge in [-0.3, -0.25) is 4.79 Å². The Labute approximate surface area is 142 Å². The smallest absolute Gasteiger partial charge is 0.421 e. The number of carbonyl (C=O) groups excluding carboxylic acids is 3. The molecule has 0 aliphatic rings. The first-order valence-corrected chi connectivity index (χ1v) is 8.92. The Morgan fingerprint density at radius 2 is 1.33 bits per heavy atom. The predicted molar refractivity (Wildman–Crippen MR) is 87.0 cm³/mol. The minimum Gasteiger partial charge on any atom is -0.444 e. The highest BCUT2D eigenvalue weighted by Crippen LogP contribution is 2.08. The molecular formula is C14H26N2O7S. The summed E-state index contributed by atoms with van der Waals surface area (Å²) in [4.78, 5) is 34.9. The molecule has 2 N–H and O–H groups in total. The van der Waals surface area contributed by atoms with Crippen molar-refractivity contribution in [3.63, 3.8) is 0 Å². The molecule has 9 nitrogen and oxygen atoms in total. The summed E-state index contributed by atoms with van der Waals surface area (Å²) in [5, 5.41) is 2.23. The molecule has 0 heterocycles. The summed E-state index contributed by atoms with van der Waals surface area (Å²) in [7, 11) is -4.23. The van der Waals surface area contributed by atoms with Gasteiger partial charge in [0.15, 0.2) is 5.78 Å². The van der Waals surface area contributed by atoms with E-state index < -0.39 is 51.0 Å². The highest BCUT2D eigenvalue weighted by molar-refractivity contribution is 7.90. The predicted octanol–water partition coefficient (Wildman–Crippen LogP) is 1.32. The second-order valence-electron chi connectivity index (χ2n) is 7.20. The molecule has 0 aliphatic carbocycles. The van der Waals surface area contributed by atoms with Crippen LogP contribution in [0.5, 0.6) is 0 Å². The van der Waals surface area contributed by atoms with E-state index in [1.165, 1.54) is 6.92 Å². The first kappa shape index (κ1) is 22.2. The van der Waals surface area contributed by atoms with Crippen molar-refractivity contribution in [1.82, 2.24) is 10.0 Å². The monoisotopic (exact) mass is 366 g/mol. The van der Waals surface area contributed by atoms with Crippen LogP contribution in [-0.2, 0) is 24.3 Å². The SMILES string of the molecule is C[C@H](NC(=O)OC(C)(C)C)C(=O)CS(=O)(=O)NC(=O)OC(C)(C)C. The van der Waals surface area contributed by atoms with Crippen LogP contribution in [0.1, 0.15) is 48.5 Å². The standard InChI is InChI=1S/C14H26N2O7S/c1-9(15-11(18)22-13(2,3)4)10(17)8-24(20,21)16-12(19)23-14(5,6)7/h9H,8H2,1-7H3,(H,15,18)(H,16,19)/t9-/m0/s1. The Morgan fingerprint density at radius 1 is 0.917 bits per heavy atom. The third-order valence-corrected chi connectivity index (χ3v) is 3.33. The van der Waals surface area contributed by atoms with Gasteiger partial charge in [-0.25, -0.2) is 22.7 Å². The summed E-state index contributed by atoms with van der Waals surface area (Å²) in [5.74, 6) is -1.79.